The third-order valence-corrected chi connectivity index (χ3v) is 7.43. The van der Waals surface area contributed by atoms with Gasteiger partial charge in [-0.3, -0.25) is 9.59 Å². The van der Waals surface area contributed by atoms with Gasteiger partial charge in [-0.15, -0.1) is 0 Å². The van der Waals surface area contributed by atoms with E-state index in [0.717, 1.165) is 48.2 Å². The normalized spacial score (nSPS) is 16.0. The van der Waals surface area contributed by atoms with Crippen molar-refractivity contribution in [1.82, 2.24) is 9.62 Å². The van der Waals surface area contributed by atoms with Crippen molar-refractivity contribution in [1.29, 1.82) is 0 Å². The molecule has 1 aliphatic heterocycles. The number of hydrogen-bond donors (Lipinski definition) is 1. The average Bonchev–Trinajstić information content (AvgIpc) is 2.77. The molecular weight excluding hydrogens is 449 g/mol. The lowest BCUT2D eigenvalue weighted by atomic mass is 9.97. The highest BCUT2D eigenvalue weighted by atomic mass is 32.2. The number of piperidine rings is 1. The molecule has 1 saturated heterocycles. The Morgan fingerprint density at radius 2 is 1.72 bits per heavy atom. The number of carbonyl (C=O) groups is 2. The van der Waals surface area contributed by atoms with Crippen LogP contribution in [-0.2, 0) is 30.5 Å². The Hall–Kier alpha value is -2.14. The van der Waals surface area contributed by atoms with E-state index < -0.39 is 26.7 Å². The summed E-state index contributed by atoms with van der Waals surface area (Å²) in [5, 5.41) is 2.83. The largest absolute Gasteiger partial charge is 0.469 e. The van der Waals surface area contributed by atoms with E-state index in [9.17, 15) is 31.2 Å². The first-order valence-corrected chi connectivity index (χ1v) is 12.0. The molecule has 1 aromatic rings. The summed E-state index contributed by atoms with van der Waals surface area (Å²) < 4.78 is 70.8. The summed E-state index contributed by atoms with van der Waals surface area (Å²) in [6, 6.07) is 4.12. The molecule has 1 fully saturated rings. The molecule has 1 aliphatic rings. The Bertz CT molecular complexity index is 882. The van der Waals surface area contributed by atoms with E-state index in [-0.39, 0.29) is 43.7 Å². The second-order valence-electron chi connectivity index (χ2n) is 7.70. The Kier molecular flexibility index (Phi) is 9.50. The smallest absolute Gasteiger partial charge is 0.417 e. The van der Waals surface area contributed by atoms with Crippen molar-refractivity contribution >= 4 is 21.9 Å². The molecule has 0 bridgehead atoms. The zero-order valence-electron chi connectivity index (χ0n) is 18.0. The molecule has 11 heteroatoms. The van der Waals surface area contributed by atoms with Crippen molar-refractivity contribution in [3.05, 3.63) is 29.8 Å². The Morgan fingerprint density at radius 3 is 2.34 bits per heavy atom. The van der Waals surface area contributed by atoms with E-state index in [1.165, 1.54) is 13.2 Å². The summed E-state index contributed by atoms with van der Waals surface area (Å²) in [5.74, 6) is -0.792. The van der Waals surface area contributed by atoms with Gasteiger partial charge in [-0.1, -0.05) is 25.0 Å². The number of rotatable bonds is 10. The van der Waals surface area contributed by atoms with Gasteiger partial charge in [-0.2, -0.15) is 17.5 Å². The number of esters is 1. The number of sulfonamides is 1. The Morgan fingerprint density at radius 1 is 1.09 bits per heavy atom. The molecule has 0 unspecified atom stereocenters. The number of hydrogen-bond acceptors (Lipinski definition) is 5. The molecule has 0 spiro atoms. The molecule has 2 rings (SSSR count). The van der Waals surface area contributed by atoms with Crippen LogP contribution in [0.15, 0.2) is 29.2 Å². The fourth-order valence-electron chi connectivity index (χ4n) is 3.63. The molecule has 180 valence electrons. The number of methoxy groups -OCH3 is 1. The maximum Gasteiger partial charge on any atom is 0.417 e. The average molecular weight is 479 g/mol. The van der Waals surface area contributed by atoms with Gasteiger partial charge < -0.3 is 10.1 Å². The van der Waals surface area contributed by atoms with Gasteiger partial charge in [0.25, 0.3) is 0 Å². The standard InChI is InChI=1S/C21H29F3N2O5S/c1-31-19(27)10-4-2-3-7-13-25-20(28)16-11-14-26(15-12-16)32(29,30)18-9-6-5-8-17(18)21(22,23)24/h5-6,8-9,16H,2-4,7,10-15H2,1H3,(H,25,28). The topological polar surface area (TPSA) is 92.8 Å². The number of amides is 1. The highest BCUT2D eigenvalue weighted by Gasteiger charge is 2.40. The van der Waals surface area contributed by atoms with Gasteiger partial charge in [0.05, 0.1) is 17.6 Å². The molecule has 0 radical (unpaired) electrons. The fraction of sp³-hybridized carbons (Fsp3) is 0.619. The highest BCUT2D eigenvalue weighted by Crippen LogP contribution is 2.36. The van der Waals surface area contributed by atoms with Crippen LogP contribution in [0.5, 0.6) is 0 Å². The van der Waals surface area contributed by atoms with Gasteiger partial charge in [-0.25, -0.2) is 8.42 Å². The molecule has 1 amide bonds. The summed E-state index contributed by atoms with van der Waals surface area (Å²) in [5.41, 5.74) is -1.19. The van der Waals surface area contributed by atoms with Crippen LogP contribution in [0.3, 0.4) is 0 Å². The maximum absolute atomic E-state index is 13.2. The Labute approximate surface area is 186 Å². The summed E-state index contributed by atoms with van der Waals surface area (Å²) in [6.45, 7) is 0.453. The lowest BCUT2D eigenvalue weighted by Crippen LogP contribution is -2.43. The molecule has 0 saturated carbocycles. The highest BCUT2D eigenvalue weighted by molar-refractivity contribution is 7.89. The minimum Gasteiger partial charge on any atom is -0.469 e. The molecule has 1 aromatic carbocycles. The number of unbranched alkanes of at least 4 members (excludes halogenated alkanes) is 3. The number of nitrogens with one attached hydrogen (secondary N) is 1. The Balaban J connectivity index is 1.79. The van der Waals surface area contributed by atoms with E-state index in [1.807, 2.05) is 0 Å². The molecule has 1 N–H and O–H groups in total. The SMILES string of the molecule is COC(=O)CCCCCCNC(=O)C1CCN(S(=O)(=O)c2ccccc2C(F)(F)F)CC1. The van der Waals surface area contributed by atoms with Crippen molar-refractivity contribution in [2.75, 3.05) is 26.7 Å². The van der Waals surface area contributed by atoms with Crippen LogP contribution in [0.25, 0.3) is 0 Å². The molecule has 32 heavy (non-hydrogen) atoms. The van der Waals surface area contributed by atoms with Crippen molar-refractivity contribution in [3.8, 4) is 0 Å². The summed E-state index contributed by atoms with van der Waals surface area (Å²) >= 11 is 0. The number of nitrogens with zero attached hydrogens (tertiary/aromatic N) is 1. The second kappa shape index (κ2) is 11.6. The van der Waals surface area contributed by atoms with Crippen LogP contribution in [-0.4, -0.2) is 51.3 Å². The van der Waals surface area contributed by atoms with Crippen LogP contribution >= 0.6 is 0 Å². The van der Waals surface area contributed by atoms with Crippen molar-refractivity contribution in [2.24, 2.45) is 5.92 Å². The lowest BCUT2D eigenvalue weighted by molar-refractivity contribution is -0.141. The summed E-state index contributed by atoms with van der Waals surface area (Å²) in [6.07, 6.45) is -0.720. The first kappa shape index (κ1) is 26.1. The number of alkyl halides is 3. The predicted molar refractivity (Wildman–Crippen MR) is 111 cm³/mol. The monoisotopic (exact) mass is 478 g/mol. The number of carbonyl (C=O) groups excluding carboxylic acids is 2. The molecule has 0 atom stereocenters. The van der Waals surface area contributed by atoms with Gasteiger partial charge in [0, 0.05) is 32.0 Å². The van der Waals surface area contributed by atoms with Crippen LogP contribution in [0.2, 0.25) is 0 Å². The molecule has 7 nitrogen and oxygen atoms in total. The van der Waals surface area contributed by atoms with E-state index >= 15 is 0 Å². The van der Waals surface area contributed by atoms with Crippen molar-refractivity contribution < 1.29 is 35.9 Å². The van der Waals surface area contributed by atoms with Crippen molar-refractivity contribution in [3.63, 3.8) is 0 Å². The van der Waals surface area contributed by atoms with Crippen molar-refractivity contribution in [2.45, 2.75) is 56.0 Å². The predicted octanol–water partition coefficient (Wildman–Crippen LogP) is 3.35. The van der Waals surface area contributed by atoms with Gasteiger partial charge >= 0.3 is 12.1 Å². The van der Waals surface area contributed by atoms with Crippen LogP contribution in [0, 0.1) is 5.92 Å². The first-order chi connectivity index (χ1) is 15.1. The number of benzene rings is 1. The third-order valence-electron chi connectivity index (χ3n) is 5.47. The minimum atomic E-state index is -4.78. The van der Waals surface area contributed by atoms with E-state index in [0.29, 0.717) is 13.0 Å². The summed E-state index contributed by atoms with van der Waals surface area (Å²) in [4.78, 5) is 22.6. The van der Waals surface area contributed by atoms with Crippen LogP contribution < -0.4 is 5.32 Å². The van der Waals surface area contributed by atoms with Gasteiger partial charge in [0.1, 0.15) is 0 Å². The summed E-state index contributed by atoms with van der Waals surface area (Å²) in [7, 11) is -2.97. The molecule has 1 heterocycles. The number of halogens is 3. The second-order valence-corrected chi connectivity index (χ2v) is 9.61. The minimum absolute atomic E-state index is 0.0138. The van der Waals surface area contributed by atoms with E-state index in [4.69, 9.17) is 0 Å². The van der Waals surface area contributed by atoms with Gasteiger partial charge in [0.15, 0.2) is 0 Å². The lowest BCUT2D eigenvalue weighted by Gasteiger charge is -2.31. The van der Waals surface area contributed by atoms with Gasteiger partial charge in [0.2, 0.25) is 15.9 Å². The number of ether oxygens (including phenoxy) is 1. The zero-order valence-corrected chi connectivity index (χ0v) is 18.8. The molecular formula is C21H29F3N2O5S. The van der Waals surface area contributed by atoms with Crippen LogP contribution in [0.4, 0.5) is 13.2 Å². The van der Waals surface area contributed by atoms with E-state index in [1.54, 1.807) is 0 Å². The zero-order chi connectivity index (χ0) is 23.8. The fourth-order valence-corrected chi connectivity index (χ4v) is 5.31. The maximum atomic E-state index is 13.2. The van der Waals surface area contributed by atoms with Crippen LogP contribution in [0.1, 0.15) is 50.5 Å². The van der Waals surface area contributed by atoms with E-state index in [2.05, 4.69) is 10.1 Å². The quantitative estimate of drug-likeness (QED) is 0.411. The molecule has 0 aliphatic carbocycles. The van der Waals surface area contributed by atoms with Gasteiger partial charge in [-0.05, 0) is 37.8 Å². The first-order valence-electron chi connectivity index (χ1n) is 10.6. The molecule has 0 aromatic heterocycles. The third kappa shape index (κ3) is 7.19.